The van der Waals surface area contributed by atoms with Crippen LogP contribution in [-0.4, -0.2) is 24.8 Å². The number of aliphatic imine (C=N–C) groups is 1. The van der Waals surface area contributed by atoms with Crippen molar-refractivity contribution in [2.24, 2.45) is 10.9 Å². The molecule has 3 heteroatoms. The molecule has 1 unspecified atom stereocenters. The Morgan fingerprint density at radius 2 is 2.00 bits per heavy atom. The highest BCUT2D eigenvalue weighted by Gasteiger charge is 2.11. The first-order valence-electron chi connectivity index (χ1n) is 7.70. The van der Waals surface area contributed by atoms with Gasteiger partial charge in [-0.05, 0) is 30.0 Å². The largest absolute Gasteiger partial charge is 0.497 e. The highest BCUT2D eigenvalue weighted by Crippen LogP contribution is 2.17. The van der Waals surface area contributed by atoms with E-state index in [2.05, 4.69) is 49.4 Å². The van der Waals surface area contributed by atoms with Gasteiger partial charge < -0.3 is 9.64 Å². The zero-order valence-corrected chi connectivity index (χ0v) is 13.8. The second kappa shape index (κ2) is 9.22. The van der Waals surface area contributed by atoms with Crippen LogP contribution < -0.4 is 4.74 Å². The molecule has 3 nitrogen and oxygen atoms in total. The standard InChI is InChI=1S/C18H28N2O/c1-6-12-19-16(4)20(13-15(3)7-2)14-17-8-10-18(21-5)11-9-17/h8-12,15H,4,6-7,13-14H2,1-3,5H3/b19-12-. The third-order valence-corrected chi connectivity index (χ3v) is 3.55. The molecule has 0 N–H and O–H groups in total. The van der Waals surface area contributed by atoms with Gasteiger partial charge in [0.05, 0.1) is 7.11 Å². The fourth-order valence-electron chi connectivity index (χ4n) is 2.00. The van der Waals surface area contributed by atoms with E-state index in [1.807, 2.05) is 18.3 Å². The van der Waals surface area contributed by atoms with Crippen molar-refractivity contribution in [1.82, 2.24) is 4.90 Å². The summed E-state index contributed by atoms with van der Waals surface area (Å²) in [5.74, 6) is 2.35. The monoisotopic (exact) mass is 288 g/mol. The summed E-state index contributed by atoms with van der Waals surface area (Å²) in [6.45, 7) is 12.5. The van der Waals surface area contributed by atoms with Crippen molar-refractivity contribution in [2.45, 2.75) is 40.2 Å². The van der Waals surface area contributed by atoms with E-state index in [1.165, 1.54) is 5.56 Å². The molecular formula is C18H28N2O. The predicted octanol–water partition coefficient (Wildman–Crippen LogP) is 4.50. The third-order valence-electron chi connectivity index (χ3n) is 3.55. The Bertz CT molecular complexity index is 451. The molecule has 0 bridgehead atoms. The Labute approximate surface area is 129 Å². The number of hydrogen-bond donors (Lipinski definition) is 0. The number of hydrogen-bond acceptors (Lipinski definition) is 3. The molecule has 1 atom stereocenters. The maximum Gasteiger partial charge on any atom is 0.121 e. The van der Waals surface area contributed by atoms with Gasteiger partial charge >= 0.3 is 0 Å². The van der Waals surface area contributed by atoms with Gasteiger partial charge in [0.2, 0.25) is 0 Å². The van der Waals surface area contributed by atoms with E-state index in [-0.39, 0.29) is 0 Å². The van der Waals surface area contributed by atoms with E-state index in [1.54, 1.807) is 7.11 Å². The van der Waals surface area contributed by atoms with Crippen LogP contribution in [0, 0.1) is 5.92 Å². The number of benzene rings is 1. The van der Waals surface area contributed by atoms with Gasteiger partial charge in [-0.25, -0.2) is 4.99 Å². The van der Waals surface area contributed by atoms with Gasteiger partial charge in [0, 0.05) is 19.3 Å². The second-order valence-electron chi connectivity index (χ2n) is 5.38. The lowest BCUT2D eigenvalue weighted by molar-refractivity contribution is 0.282. The first-order chi connectivity index (χ1) is 10.1. The molecule has 0 aliphatic heterocycles. The number of ether oxygens (including phenoxy) is 1. The molecule has 0 heterocycles. The van der Waals surface area contributed by atoms with Crippen LogP contribution in [0.15, 0.2) is 41.7 Å². The van der Waals surface area contributed by atoms with Crippen LogP contribution in [0.25, 0.3) is 0 Å². The molecule has 0 radical (unpaired) electrons. The highest BCUT2D eigenvalue weighted by atomic mass is 16.5. The number of methoxy groups -OCH3 is 1. The molecule has 21 heavy (non-hydrogen) atoms. The first kappa shape index (κ1) is 17.3. The summed E-state index contributed by atoms with van der Waals surface area (Å²) in [5.41, 5.74) is 1.24. The molecule has 0 aliphatic rings. The minimum atomic E-state index is 0.622. The van der Waals surface area contributed by atoms with Crippen LogP contribution in [-0.2, 0) is 6.54 Å². The Morgan fingerprint density at radius 3 is 2.52 bits per heavy atom. The molecule has 0 aliphatic carbocycles. The van der Waals surface area contributed by atoms with Crippen molar-refractivity contribution in [3.05, 3.63) is 42.2 Å². The van der Waals surface area contributed by atoms with E-state index in [9.17, 15) is 0 Å². The molecular weight excluding hydrogens is 260 g/mol. The van der Waals surface area contributed by atoms with Crippen molar-refractivity contribution in [1.29, 1.82) is 0 Å². The molecule has 0 fully saturated rings. The summed E-state index contributed by atoms with van der Waals surface area (Å²) >= 11 is 0. The van der Waals surface area contributed by atoms with Crippen molar-refractivity contribution in [3.8, 4) is 5.75 Å². The van der Waals surface area contributed by atoms with Crippen molar-refractivity contribution < 1.29 is 4.74 Å². The molecule has 116 valence electrons. The quantitative estimate of drug-likeness (QED) is 0.625. The SMILES string of the molecule is C=C(/N=C\CC)N(Cc1ccc(OC)cc1)CC(C)CC. The lowest BCUT2D eigenvalue weighted by atomic mass is 10.1. The van der Waals surface area contributed by atoms with Gasteiger partial charge in [0.25, 0.3) is 0 Å². The van der Waals surface area contributed by atoms with E-state index in [0.29, 0.717) is 5.92 Å². The van der Waals surface area contributed by atoms with Crippen molar-refractivity contribution in [2.75, 3.05) is 13.7 Å². The average Bonchev–Trinajstić information content (AvgIpc) is 2.52. The Kier molecular flexibility index (Phi) is 7.59. The van der Waals surface area contributed by atoms with Gasteiger partial charge in [-0.1, -0.05) is 45.9 Å². The minimum Gasteiger partial charge on any atom is -0.497 e. The fourth-order valence-corrected chi connectivity index (χ4v) is 2.00. The summed E-state index contributed by atoms with van der Waals surface area (Å²) in [5, 5.41) is 0. The van der Waals surface area contributed by atoms with Crippen LogP contribution in [0.3, 0.4) is 0 Å². The average molecular weight is 288 g/mol. The molecule has 0 aromatic heterocycles. The predicted molar refractivity (Wildman–Crippen MR) is 90.8 cm³/mol. The van der Waals surface area contributed by atoms with E-state index >= 15 is 0 Å². The lowest BCUT2D eigenvalue weighted by Crippen LogP contribution is -2.26. The number of rotatable bonds is 9. The molecule has 1 aromatic carbocycles. The van der Waals surface area contributed by atoms with Gasteiger partial charge in [-0.15, -0.1) is 0 Å². The van der Waals surface area contributed by atoms with Crippen LogP contribution in [0.4, 0.5) is 0 Å². The summed E-state index contributed by atoms with van der Waals surface area (Å²) in [6.07, 6.45) is 4.00. The van der Waals surface area contributed by atoms with Crippen LogP contribution in [0.2, 0.25) is 0 Å². The van der Waals surface area contributed by atoms with Crippen molar-refractivity contribution >= 4 is 6.21 Å². The number of nitrogens with zero attached hydrogens (tertiary/aromatic N) is 2. The van der Waals surface area contributed by atoms with Gasteiger partial charge in [-0.3, -0.25) is 0 Å². The van der Waals surface area contributed by atoms with E-state index < -0.39 is 0 Å². The van der Waals surface area contributed by atoms with Crippen LogP contribution >= 0.6 is 0 Å². The molecule has 1 aromatic rings. The zero-order chi connectivity index (χ0) is 15.7. The van der Waals surface area contributed by atoms with Crippen molar-refractivity contribution in [3.63, 3.8) is 0 Å². The maximum atomic E-state index is 5.20. The zero-order valence-electron chi connectivity index (χ0n) is 13.8. The summed E-state index contributed by atoms with van der Waals surface area (Å²) < 4.78 is 5.20. The second-order valence-corrected chi connectivity index (χ2v) is 5.38. The normalized spacial score (nSPS) is 12.4. The molecule has 1 rings (SSSR count). The molecule has 0 amide bonds. The first-order valence-corrected chi connectivity index (χ1v) is 7.70. The molecule has 0 saturated carbocycles. The Balaban J connectivity index is 2.79. The Hall–Kier alpha value is -1.77. The summed E-state index contributed by atoms with van der Waals surface area (Å²) in [7, 11) is 1.69. The topological polar surface area (TPSA) is 24.8 Å². The molecule has 0 spiro atoms. The smallest absolute Gasteiger partial charge is 0.121 e. The Morgan fingerprint density at radius 1 is 1.33 bits per heavy atom. The van der Waals surface area contributed by atoms with Gasteiger partial charge in [0.15, 0.2) is 0 Å². The minimum absolute atomic E-state index is 0.622. The summed E-state index contributed by atoms with van der Waals surface area (Å²) in [6, 6.07) is 8.18. The lowest BCUT2D eigenvalue weighted by Gasteiger charge is -2.27. The fraction of sp³-hybridized carbons (Fsp3) is 0.500. The van der Waals surface area contributed by atoms with Gasteiger partial charge in [0.1, 0.15) is 11.6 Å². The van der Waals surface area contributed by atoms with E-state index in [4.69, 9.17) is 4.74 Å². The van der Waals surface area contributed by atoms with E-state index in [0.717, 1.165) is 37.5 Å². The van der Waals surface area contributed by atoms with Crippen LogP contribution in [0.5, 0.6) is 5.75 Å². The third kappa shape index (κ3) is 6.03. The summed E-state index contributed by atoms with van der Waals surface area (Å²) in [4.78, 5) is 6.69. The molecule has 0 saturated heterocycles. The van der Waals surface area contributed by atoms with Crippen LogP contribution in [0.1, 0.15) is 39.2 Å². The highest BCUT2D eigenvalue weighted by molar-refractivity contribution is 5.58. The maximum absolute atomic E-state index is 5.20. The van der Waals surface area contributed by atoms with Gasteiger partial charge in [-0.2, -0.15) is 0 Å².